The van der Waals surface area contributed by atoms with E-state index in [2.05, 4.69) is 38.8 Å². The predicted molar refractivity (Wildman–Crippen MR) is 107 cm³/mol. The molecule has 3 aromatic rings. The third kappa shape index (κ3) is 4.43. The van der Waals surface area contributed by atoms with Crippen molar-refractivity contribution >= 4 is 16.9 Å². The van der Waals surface area contributed by atoms with Gasteiger partial charge in [0.15, 0.2) is 5.96 Å². The fraction of sp³-hybridized carbons (Fsp3) is 0.286. The molecule has 4 N–H and O–H groups in total. The van der Waals surface area contributed by atoms with Crippen LogP contribution < -0.4 is 10.6 Å². The Kier molecular flexibility index (Phi) is 5.58. The largest absolute Gasteiger partial charge is 0.384 e. The molecule has 0 saturated heterocycles. The molecule has 1 atom stereocenters. The molecule has 0 saturated carbocycles. The van der Waals surface area contributed by atoms with Gasteiger partial charge in [0.25, 0.3) is 0 Å². The van der Waals surface area contributed by atoms with Crippen molar-refractivity contribution in [1.82, 2.24) is 15.6 Å². The molecule has 1 unspecified atom stereocenters. The fourth-order valence-electron chi connectivity index (χ4n) is 2.88. The lowest BCUT2D eigenvalue weighted by Gasteiger charge is -2.25. The van der Waals surface area contributed by atoms with E-state index >= 15 is 0 Å². The molecule has 5 nitrogen and oxygen atoms in total. The zero-order chi connectivity index (χ0) is 18.4. The number of hydrogen-bond donors (Lipinski definition) is 4. The van der Waals surface area contributed by atoms with Gasteiger partial charge in [0, 0.05) is 17.8 Å². The Morgan fingerprint density at radius 1 is 1.08 bits per heavy atom. The summed E-state index contributed by atoms with van der Waals surface area (Å²) in [4.78, 5) is 8.01. The number of H-pyrrole nitrogens is 1. The second-order valence-corrected chi connectivity index (χ2v) is 6.57. The van der Waals surface area contributed by atoms with Gasteiger partial charge in [-0.05, 0) is 36.9 Å². The van der Waals surface area contributed by atoms with Crippen LogP contribution in [0.15, 0.2) is 65.7 Å². The minimum absolute atomic E-state index is 0.371. The Balaban J connectivity index is 1.67. The van der Waals surface area contributed by atoms with Crippen molar-refractivity contribution in [3.8, 4) is 0 Å². The van der Waals surface area contributed by atoms with Gasteiger partial charge in [-0.1, -0.05) is 48.5 Å². The van der Waals surface area contributed by atoms with E-state index in [1.54, 1.807) is 6.92 Å². The maximum Gasteiger partial charge on any atom is 0.191 e. The minimum atomic E-state index is -0.974. The number of nitrogens with zero attached hydrogens (tertiary/aromatic N) is 1. The number of fused-ring (bicyclic) bond motifs is 1. The molecule has 0 bridgehead atoms. The van der Waals surface area contributed by atoms with Crippen molar-refractivity contribution < 1.29 is 5.11 Å². The Hall–Kier alpha value is -2.79. The Morgan fingerprint density at radius 3 is 2.54 bits per heavy atom. The quantitative estimate of drug-likeness (QED) is 0.408. The smallest absolute Gasteiger partial charge is 0.191 e. The highest BCUT2D eigenvalue weighted by Crippen LogP contribution is 2.19. The summed E-state index contributed by atoms with van der Waals surface area (Å²) >= 11 is 0. The van der Waals surface area contributed by atoms with Gasteiger partial charge >= 0.3 is 0 Å². The van der Waals surface area contributed by atoms with Crippen molar-refractivity contribution in [3.05, 3.63) is 71.9 Å². The number of guanidine groups is 1. The first kappa shape index (κ1) is 18.0. The number of benzene rings is 2. The van der Waals surface area contributed by atoms with E-state index in [0.29, 0.717) is 19.0 Å². The van der Waals surface area contributed by atoms with Crippen molar-refractivity contribution in [2.75, 3.05) is 13.1 Å². The van der Waals surface area contributed by atoms with Gasteiger partial charge < -0.3 is 20.7 Å². The summed E-state index contributed by atoms with van der Waals surface area (Å²) in [6, 6.07) is 20.0. The van der Waals surface area contributed by atoms with Crippen LogP contribution in [-0.2, 0) is 12.1 Å². The zero-order valence-corrected chi connectivity index (χ0v) is 15.3. The SMILES string of the molecule is CCNC(=NCc1cc2ccccc2[nH]1)NCC(C)(O)c1ccccc1. The highest BCUT2D eigenvalue weighted by atomic mass is 16.3. The average molecular weight is 350 g/mol. The Morgan fingerprint density at radius 2 is 1.81 bits per heavy atom. The molecule has 1 heterocycles. The van der Waals surface area contributed by atoms with Crippen LogP contribution >= 0.6 is 0 Å². The van der Waals surface area contributed by atoms with Crippen LogP contribution in [0.25, 0.3) is 10.9 Å². The maximum absolute atomic E-state index is 10.7. The van der Waals surface area contributed by atoms with Crippen LogP contribution in [0.4, 0.5) is 0 Å². The first-order valence-corrected chi connectivity index (χ1v) is 8.95. The molecule has 0 aliphatic rings. The number of para-hydroxylation sites is 1. The summed E-state index contributed by atoms with van der Waals surface area (Å²) in [5.74, 6) is 0.683. The molecule has 2 aromatic carbocycles. The third-order valence-corrected chi connectivity index (χ3v) is 4.33. The highest BCUT2D eigenvalue weighted by Gasteiger charge is 2.22. The van der Waals surface area contributed by atoms with Crippen LogP contribution in [-0.4, -0.2) is 29.1 Å². The van der Waals surface area contributed by atoms with Gasteiger partial charge in [0.1, 0.15) is 5.60 Å². The Bertz CT molecular complexity index is 835. The van der Waals surface area contributed by atoms with E-state index in [9.17, 15) is 5.11 Å². The van der Waals surface area contributed by atoms with E-state index < -0.39 is 5.60 Å². The number of aromatic amines is 1. The summed E-state index contributed by atoms with van der Waals surface area (Å²) in [5, 5.41) is 18.4. The molecular weight excluding hydrogens is 324 g/mol. The van der Waals surface area contributed by atoms with Crippen LogP contribution in [0.2, 0.25) is 0 Å². The van der Waals surface area contributed by atoms with Crippen molar-refractivity contribution in [2.24, 2.45) is 4.99 Å². The molecule has 0 radical (unpaired) electrons. The van der Waals surface area contributed by atoms with Crippen LogP contribution in [0.3, 0.4) is 0 Å². The van der Waals surface area contributed by atoms with E-state index in [1.165, 1.54) is 5.39 Å². The van der Waals surface area contributed by atoms with Crippen LogP contribution in [0.5, 0.6) is 0 Å². The normalized spacial score (nSPS) is 14.2. The Labute approximate surface area is 154 Å². The van der Waals surface area contributed by atoms with Crippen molar-refractivity contribution in [3.63, 3.8) is 0 Å². The number of aromatic nitrogens is 1. The molecule has 0 aliphatic heterocycles. The van der Waals surface area contributed by atoms with Crippen LogP contribution in [0.1, 0.15) is 25.1 Å². The molecule has 0 spiro atoms. The lowest BCUT2D eigenvalue weighted by atomic mass is 9.96. The second kappa shape index (κ2) is 8.06. The van der Waals surface area contributed by atoms with Crippen LogP contribution in [0, 0.1) is 0 Å². The summed E-state index contributed by atoms with van der Waals surface area (Å²) in [6.45, 7) is 5.49. The fourth-order valence-corrected chi connectivity index (χ4v) is 2.88. The monoisotopic (exact) mass is 350 g/mol. The molecular formula is C21H26N4O. The molecule has 0 aliphatic carbocycles. The van der Waals surface area contributed by atoms with Gasteiger partial charge in [-0.25, -0.2) is 4.99 Å². The van der Waals surface area contributed by atoms with Crippen molar-refractivity contribution in [1.29, 1.82) is 0 Å². The maximum atomic E-state index is 10.7. The highest BCUT2D eigenvalue weighted by molar-refractivity contribution is 5.81. The van der Waals surface area contributed by atoms with E-state index in [1.807, 2.05) is 49.4 Å². The molecule has 26 heavy (non-hydrogen) atoms. The summed E-state index contributed by atoms with van der Waals surface area (Å²) in [5.41, 5.74) is 2.07. The zero-order valence-electron chi connectivity index (χ0n) is 15.3. The number of hydrogen-bond acceptors (Lipinski definition) is 2. The van der Waals surface area contributed by atoms with Gasteiger partial charge in [-0.15, -0.1) is 0 Å². The van der Waals surface area contributed by atoms with Gasteiger partial charge in [-0.2, -0.15) is 0 Å². The first-order valence-electron chi connectivity index (χ1n) is 8.95. The number of aliphatic hydroxyl groups is 1. The van der Waals surface area contributed by atoms with Gasteiger partial charge in [0.2, 0.25) is 0 Å². The summed E-state index contributed by atoms with van der Waals surface area (Å²) < 4.78 is 0. The number of nitrogens with one attached hydrogen (secondary N) is 3. The number of aliphatic imine (C=N–C) groups is 1. The second-order valence-electron chi connectivity index (χ2n) is 6.57. The standard InChI is InChI=1S/C21H26N4O/c1-3-22-20(24-15-21(2,26)17-10-5-4-6-11-17)23-14-18-13-16-9-7-8-12-19(16)25-18/h4-13,25-26H,3,14-15H2,1-2H3,(H2,22,23,24). The van der Waals surface area contributed by atoms with E-state index in [-0.39, 0.29) is 0 Å². The van der Waals surface area contributed by atoms with E-state index in [4.69, 9.17) is 0 Å². The lowest BCUT2D eigenvalue weighted by molar-refractivity contribution is 0.0617. The average Bonchev–Trinajstić information content (AvgIpc) is 3.08. The van der Waals surface area contributed by atoms with Crippen molar-refractivity contribution in [2.45, 2.75) is 26.0 Å². The molecule has 3 rings (SSSR count). The number of rotatable bonds is 6. The third-order valence-electron chi connectivity index (χ3n) is 4.33. The minimum Gasteiger partial charge on any atom is -0.384 e. The molecule has 1 aromatic heterocycles. The first-order chi connectivity index (χ1) is 12.6. The molecule has 5 heteroatoms. The predicted octanol–water partition coefficient (Wildman–Crippen LogP) is 3.13. The molecule has 136 valence electrons. The van der Waals surface area contributed by atoms with Gasteiger partial charge in [0.05, 0.1) is 13.1 Å². The van der Waals surface area contributed by atoms with E-state index in [0.717, 1.165) is 23.3 Å². The molecule has 0 amide bonds. The molecule has 0 fully saturated rings. The summed E-state index contributed by atoms with van der Waals surface area (Å²) in [6.07, 6.45) is 0. The van der Waals surface area contributed by atoms with Gasteiger partial charge in [-0.3, -0.25) is 0 Å². The summed E-state index contributed by atoms with van der Waals surface area (Å²) in [7, 11) is 0. The lowest BCUT2D eigenvalue weighted by Crippen LogP contribution is -2.44. The topological polar surface area (TPSA) is 72.4 Å².